The molecule has 0 aromatic heterocycles. The van der Waals surface area contributed by atoms with Crippen LogP contribution in [0.1, 0.15) is 181 Å². The average molecular weight is 466 g/mol. The van der Waals surface area contributed by atoms with Crippen LogP contribution in [0.4, 0.5) is 0 Å². The third kappa shape index (κ3) is 24.9. The van der Waals surface area contributed by atoms with Crippen LogP contribution in [0.15, 0.2) is 0 Å². The number of rotatable bonds is 27. The first-order chi connectivity index (χ1) is 16.1. The molecule has 0 aliphatic heterocycles. The largest absolute Gasteiger partial charge is 0.306 e. The van der Waals surface area contributed by atoms with Gasteiger partial charge in [0.2, 0.25) is 0 Å². The van der Waals surface area contributed by atoms with Gasteiger partial charge in [-0.15, -0.1) is 0 Å². The predicted octanol–water partition coefficient (Wildman–Crippen LogP) is 11.3. The van der Waals surface area contributed by atoms with Crippen LogP contribution >= 0.6 is 0 Å². The molecular weight excluding hydrogens is 398 g/mol. The standard InChI is InChI=1S/C32H67N/c1-6-8-10-12-15-19-23-27-31(3)28-24-20-17-14-18-22-26-30-32(33(4)5)29-25-21-16-13-11-9-7-2/h31-32H,6-30H2,1-5H3. The molecule has 0 heterocycles. The van der Waals surface area contributed by atoms with Crippen LogP contribution in [0.25, 0.3) is 0 Å². The highest BCUT2D eigenvalue weighted by Gasteiger charge is 2.10. The smallest absolute Gasteiger partial charge is 0.00891 e. The van der Waals surface area contributed by atoms with Gasteiger partial charge >= 0.3 is 0 Å². The minimum absolute atomic E-state index is 0.818. The van der Waals surface area contributed by atoms with E-state index >= 15 is 0 Å². The Labute approximate surface area is 212 Å². The van der Waals surface area contributed by atoms with Crippen LogP contribution in [0.3, 0.4) is 0 Å². The molecule has 0 aromatic carbocycles. The van der Waals surface area contributed by atoms with Crippen molar-refractivity contribution in [3.8, 4) is 0 Å². The van der Waals surface area contributed by atoms with Gasteiger partial charge < -0.3 is 4.90 Å². The molecule has 0 saturated carbocycles. The molecule has 0 aromatic rings. The zero-order valence-corrected chi connectivity index (χ0v) is 24.3. The Morgan fingerprint density at radius 1 is 0.394 bits per heavy atom. The van der Waals surface area contributed by atoms with Crippen LogP contribution in [-0.2, 0) is 0 Å². The number of unbranched alkanes of at least 4 members (excludes halogenated alkanes) is 18. The maximum absolute atomic E-state index is 2.49. The summed E-state index contributed by atoms with van der Waals surface area (Å²) in [6, 6.07) is 0.818. The molecule has 0 N–H and O–H groups in total. The molecule has 0 saturated heterocycles. The Morgan fingerprint density at radius 3 is 0.970 bits per heavy atom. The Bertz CT molecular complexity index is 350. The predicted molar refractivity (Wildman–Crippen MR) is 153 cm³/mol. The highest BCUT2D eigenvalue weighted by molar-refractivity contribution is 4.67. The minimum Gasteiger partial charge on any atom is -0.306 e. The van der Waals surface area contributed by atoms with Gasteiger partial charge in [-0.3, -0.25) is 0 Å². The van der Waals surface area contributed by atoms with E-state index < -0.39 is 0 Å². The van der Waals surface area contributed by atoms with Crippen molar-refractivity contribution in [1.29, 1.82) is 0 Å². The van der Waals surface area contributed by atoms with Crippen molar-refractivity contribution in [2.75, 3.05) is 14.1 Å². The van der Waals surface area contributed by atoms with Gasteiger partial charge in [0.05, 0.1) is 0 Å². The molecule has 0 spiro atoms. The summed E-state index contributed by atoms with van der Waals surface area (Å²) in [5.41, 5.74) is 0. The van der Waals surface area contributed by atoms with Gasteiger partial charge in [-0.25, -0.2) is 0 Å². The zero-order chi connectivity index (χ0) is 24.4. The molecule has 0 aliphatic carbocycles. The molecule has 0 amide bonds. The van der Waals surface area contributed by atoms with E-state index in [4.69, 9.17) is 0 Å². The summed E-state index contributed by atoms with van der Waals surface area (Å²) in [5, 5.41) is 0. The van der Waals surface area contributed by atoms with Gasteiger partial charge in [0.15, 0.2) is 0 Å². The van der Waals surface area contributed by atoms with Gasteiger partial charge in [0.1, 0.15) is 0 Å². The van der Waals surface area contributed by atoms with E-state index in [0.717, 1.165) is 12.0 Å². The summed E-state index contributed by atoms with van der Waals surface area (Å²) in [6.45, 7) is 7.10. The maximum atomic E-state index is 2.49. The molecule has 0 fully saturated rings. The fourth-order valence-corrected chi connectivity index (χ4v) is 5.35. The van der Waals surface area contributed by atoms with E-state index in [1.54, 1.807) is 0 Å². The molecule has 1 nitrogen and oxygen atoms in total. The van der Waals surface area contributed by atoms with Crippen molar-refractivity contribution >= 4 is 0 Å². The first-order valence-electron chi connectivity index (χ1n) is 15.8. The SMILES string of the molecule is CCCCCCCCCC(C)CCCCCCCCCC(CCCCCCCCC)N(C)C. The number of hydrogen-bond acceptors (Lipinski definition) is 1. The maximum Gasteiger partial charge on any atom is 0.00891 e. The molecule has 2 unspecified atom stereocenters. The van der Waals surface area contributed by atoms with Crippen molar-refractivity contribution in [3.63, 3.8) is 0 Å². The van der Waals surface area contributed by atoms with Gasteiger partial charge in [-0.2, -0.15) is 0 Å². The third-order valence-electron chi connectivity index (χ3n) is 7.91. The Morgan fingerprint density at radius 2 is 0.667 bits per heavy atom. The molecule has 0 rings (SSSR count). The van der Waals surface area contributed by atoms with Crippen molar-refractivity contribution in [3.05, 3.63) is 0 Å². The fourth-order valence-electron chi connectivity index (χ4n) is 5.35. The number of hydrogen-bond donors (Lipinski definition) is 0. The second kappa shape index (κ2) is 26.6. The van der Waals surface area contributed by atoms with Gasteiger partial charge in [-0.05, 0) is 32.9 Å². The first kappa shape index (κ1) is 33.0. The quantitative estimate of drug-likeness (QED) is 0.109. The van der Waals surface area contributed by atoms with Crippen LogP contribution in [0, 0.1) is 5.92 Å². The van der Waals surface area contributed by atoms with Gasteiger partial charge in [0, 0.05) is 6.04 Å². The molecule has 0 bridgehead atoms. The summed E-state index contributed by atoms with van der Waals surface area (Å²) in [6.07, 6.45) is 36.2. The van der Waals surface area contributed by atoms with E-state index in [1.807, 2.05) is 0 Å². The van der Waals surface area contributed by atoms with Crippen LogP contribution in [0.5, 0.6) is 0 Å². The Kier molecular flexibility index (Phi) is 26.5. The first-order valence-corrected chi connectivity index (χ1v) is 15.8. The molecular formula is C32H67N. The topological polar surface area (TPSA) is 3.24 Å². The van der Waals surface area contributed by atoms with Crippen molar-refractivity contribution in [2.45, 2.75) is 187 Å². The van der Waals surface area contributed by atoms with Crippen molar-refractivity contribution < 1.29 is 0 Å². The highest BCUT2D eigenvalue weighted by Crippen LogP contribution is 2.20. The monoisotopic (exact) mass is 466 g/mol. The third-order valence-corrected chi connectivity index (χ3v) is 7.91. The van der Waals surface area contributed by atoms with Crippen LogP contribution in [-0.4, -0.2) is 25.0 Å². The fraction of sp³-hybridized carbons (Fsp3) is 1.00. The second-order valence-corrected chi connectivity index (χ2v) is 11.6. The summed E-state index contributed by atoms with van der Waals surface area (Å²) in [4.78, 5) is 2.49. The Hall–Kier alpha value is -0.0400. The zero-order valence-electron chi connectivity index (χ0n) is 24.3. The normalized spacial score (nSPS) is 13.6. The summed E-state index contributed by atoms with van der Waals surface area (Å²) < 4.78 is 0. The van der Waals surface area contributed by atoms with E-state index in [-0.39, 0.29) is 0 Å². The summed E-state index contributed by atoms with van der Waals surface area (Å²) in [5.74, 6) is 0.958. The lowest BCUT2D eigenvalue weighted by Crippen LogP contribution is -2.27. The highest BCUT2D eigenvalue weighted by atomic mass is 15.1. The minimum atomic E-state index is 0.818. The van der Waals surface area contributed by atoms with Crippen LogP contribution in [0.2, 0.25) is 0 Å². The average Bonchev–Trinajstić information content (AvgIpc) is 2.80. The van der Waals surface area contributed by atoms with E-state index in [0.29, 0.717) is 0 Å². The molecule has 33 heavy (non-hydrogen) atoms. The van der Waals surface area contributed by atoms with Crippen LogP contribution < -0.4 is 0 Å². The van der Waals surface area contributed by atoms with Gasteiger partial charge in [-0.1, -0.05) is 168 Å². The van der Waals surface area contributed by atoms with E-state index in [9.17, 15) is 0 Å². The second-order valence-electron chi connectivity index (χ2n) is 11.6. The molecule has 200 valence electrons. The number of nitrogens with zero attached hydrogens (tertiary/aromatic N) is 1. The lowest BCUT2D eigenvalue weighted by Gasteiger charge is -2.24. The lowest BCUT2D eigenvalue weighted by molar-refractivity contribution is 0.251. The molecule has 0 aliphatic rings. The molecule has 2 atom stereocenters. The molecule has 1 heteroatoms. The van der Waals surface area contributed by atoms with E-state index in [1.165, 1.54) is 161 Å². The lowest BCUT2D eigenvalue weighted by atomic mass is 9.95. The van der Waals surface area contributed by atoms with Crippen molar-refractivity contribution in [2.24, 2.45) is 5.92 Å². The van der Waals surface area contributed by atoms with Crippen molar-refractivity contribution in [1.82, 2.24) is 4.90 Å². The Balaban J connectivity index is 3.45. The summed E-state index contributed by atoms with van der Waals surface area (Å²) >= 11 is 0. The summed E-state index contributed by atoms with van der Waals surface area (Å²) in [7, 11) is 4.58. The molecule has 0 radical (unpaired) electrons. The van der Waals surface area contributed by atoms with E-state index in [2.05, 4.69) is 39.8 Å². The van der Waals surface area contributed by atoms with Gasteiger partial charge in [0.25, 0.3) is 0 Å².